The van der Waals surface area contributed by atoms with Gasteiger partial charge in [0.1, 0.15) is 0 Å². The Hall–Kier alpha value is -2.49. The lowest BCUT2D eigenvalue weighted by molar-refractivity contribution is -0.131. The van der Waals surface area contributed by atoms with Crippen LogP contribution in [-0.4, -0.2) is 31.6 Å². The summed E-state index contributed by atoms with van der Waals surface area (Å²) in [5, 5.41) is 0. The second-order valence-electron chi connectivity index (χ2n) is 6.40. The molecule has 0 aliphatic carbocycles. The molecule has 25 heavy (non-hydrogen) atoms. The van der Waals surface area contributed by atoms with Crippen molar-refractivity contribution in [2.24, 2.45) is 0 Å². The maximum atomic E-state index is 12.6. The van der Waals surface area contributed by atoms with E-state index in [2.05, 4.69) is 24.3 Å². The van der Waals surface area contributed by atoms with Gasteiger partial charge in [-0.1, -0.05) is 42.5 Å². The molecule has 3 rings (SSSR count). The van der Waals surface area contributed by atoms with Gasteiger partial charge in [-0.3, -0.25) is 4.79 Å². The van der Waals surface area contributed by atoms with Crippen LogP contribution in [0.2, 0.25) is 0 Å². The zero-order chi connectivity index (χ0) is 17.6. The summed E-state index contributed by atoms with van der Waals surface area (Å²) in [6, 6.07) is 16.3. The van der Waals surface area contributed by atoms with Gasteiger partial charge in [-0.25, -0.2) is 0 Å². The first-order valence-electron chi connectivity index (χ1n) is 8.75. The van der Waals surface area contributed by atoms with Gasteiger partial charge in [-0.15, -0.1) is 0 Å². The SMILES string of the molecule is COc1cccc(CN2CCC(c3ccccc3)CCC2=O)c1OC. The Balaban J connectivity index is 1.74. The molecule has 0 bridgehead atoms. The van der Waals surface area contributed by atoms with Crippen molar-refractivity contribution in [3.05, 3.63) is 59.7 Å². The molecule has 1 amide bonds. The summed E-state index contributed by atoms with van der Waals surface area (Å²) in [6.07, 6.45) is 2.49. The molecule has 0 aromatic heterocycles. The predicted molar refractivity (Wildman–Crippen MR) is 98.0 cm³/mol. The van der Waals surface area contributed by atoms with E-state index in [0.29, 0.717) is 30.4 Å². The van der Waals surface area contributed by atoms with E-state index in [9.17, 15) is 4.79 Å². The van der Waals surface area contributed by atoms with Gasteiger partial charge in [0.25, 0.3) is 0 Å². The summed E-state index contributed by atoms with van der Waals surface area (Å²) in [4.78, 5) is 14.5. The van der Waals surface area contributed by atoms with E-state index in [1.54, 1.807) is 14.2 Å². The molecule has 132 valence electrons. The first kappa shape index (κ1) is 17.3. The van der Waals surface area contributed by atoms with Crippen LogP contribution in [0.25, 0.3) is 0 Å². The van der Waals surface area contributed by atoms with Crippen LogP contribution in [0.15, 0.2) is 48.5 Å². The first-order chi connectivity index (χ1) is 12.2. The van der Waals surface area contributed by atoms with Crippen LogP contribution in [0, 0.1) is 0 Å². The van der Waals surface area contributed by atoms with Gasteiger partial charge in [-0.2, -0.15) is 0 Å². The van der Waals surface area contributed by atoms with Gasteiger partial charge >= 0.3 is 0 Å². The fourth-order valence-corrected chi connectivity index (χ4v) is 3.55. The standard InChI is InChI=1S/C21H25NO3/c1-24-19-10-6-9-18(21(19)25-2)15-22-14-13-17(11-12-20(22)23)16-7-4-3-5-8-16/h3-10,17H,11-15H2,1-2H3. The smallest absolute Gasteiger partial charge is 0.222 e. The third-order valence-corrected chi connectivity index (χ3v) is 4.92. The normalized spacial score (nSPS) is 17.9. The molecule has 2 aromatic rings. The summed E-state index contributed by atoms with van der Waals surface area (Å²) in [5.41, 5.74) is 2.31. The Labute approximate surface area is 149 Å². The summed E-state index contributed by atoms with van der Waals surface area (Å²) >= 11 is 0. The van der Waals surface area contributed by atoms with Gasteiger partial charge in [0.2, 0.25) is 5.91 Å². The highest BCUT2D eigenvalue weighted by Crippen LogP contribution is 2.33. The van der Waals surface area contributed by atoms with Crippen molar-refractivity contribution in [2.45, 2.75) is 31.7 Å². The third-order valence-electron chi connectivity index (χ3n) is 4.92. The lowest BCUT2D eigenvalue weighted by Crippen LogP contribution is -2.30. The van der Waals surface area contributed by atoms with Gasteiger partial charge in [0, 0.05) is 25.1 Å². The molecule has 1 saturated heterocycles. The van der Waals surface area contributed by atoms with Crippen molar-refractivity contribution >= 4 is 5.91 Å². The van der Waals surface area contributed by atoms with Gasteiger partial charge in [0.05, 0.1) is 14.2 Å². The molecule has 1 atom stereocenters. The van der Waals surface area contributed by atoms with Crippen LogP contribution < -0.4 is 9.47 Å². The summed E-state index contributed by atoms with van der Waals surface area (Å²) in [5.74, 6) is 2.07. The van der Waals surface area contributed by atoms with Crippen molar-refractivity contribution in [2.75, 3.05) is 20.8 Å². The van der Waals surface area contributed by atoms with E-state index in [1.807, 2.05) is 29.2 Å². The monoisotopic (exact) mass is 339 g/mol. The number of hydrogen-bond donors (Lipinski definition) is 0. The lowest BCUT2D eigenvalue weighted by atomic mass is 9.92. The predicted octanol–water partition coefficient (Wildman–Crippen LogP) is 4.00. The van der Waals surface area contributed by atoms with Crippen molar-refractivity contribution in [1.82, 2.24) is 4.90 Å². The minimum Gasteiger partial charge on any atom is -0.493 e. The van der Waals surface area contributed by atoms with Crippen molar-refractivity contribution in [3.8, 4) is 11.5 Å². The number of methoxy groups -OCH3 is 2. The molecule has 0 saturated carbocycles. The highest BCUT2D eigenvalue weighted by atomic mass is 16.5. The minimum atomic E-state index is 0.211. The molecule has 1 unspecified atom stereocenters. The van der Waals surface area contributed by atoms with E-state index >= 15 is 0 Å². The lowest BCUT2D eigenvalue weighted by Gasteiger charge is -2.23. The Morgan fingerprint density at radius 3 is 2.52 bits per heavy atom. The Bertz CT molecular complexity index is 714. The molecular formula is C21H25NO3. The highest BCUT2D eigenvalue weighted by molar-refractivity contribution is 5.76. The molecule has 0 spiro atoms. The molecular weight excluding hydrogens is 314 g/mol. The van der Waals surface area contributed by atoms with E-state index in [-0.39, 0.29) is 5.91 Å². The number of benzene rings is 2. The number of rotatable bonds is 5. The number of para-hydroxylation sites is 1. The number of carbonyl (C=O) groups excluding carboxylic acids is 1. The maximum absolute atomic E-state index is 12.6. The molecule has 1 aliphatic heterocycles. The molecule has 4 nitrogen and oxygen atoms in total. The Morgan fingerprint density at radius 1 is 1.00 bits per heavy atom. The highest BCUT2D eigenvalue weighted by Gasteiger charge is 2.24. The zero-order valence-corrected chi connectivity index (χ0v) is 14.9. The minimum absolute atomic E-state index is 0.211. The molecule has 1 fully saturated rings. The van der Waals surface area contributed by atoms with Crippen LogP contribution in [0.5, 0.6) is 11.5 Å². The van der Waals surface area contributed by atoms with Gasteiger partial charge in [0.15, 0.2) is 11.5 Å². The zero-order valence-electron chi connectivity index (χ0n) is 14.9. The number of carbonyl (C=O) groups is 1. The molecule has 1 heterocycles. The topological polar surface area (TPSA) is 38.8 Å². The van der Waals surface area contributed by atoms with Crippen LogP contribution in [0.4, 0.5) is 0 Å². The number of amides is 1. The molecule has 0 radical (unpaired) electrons. The van der Waals surface area contributed by atoms with Crippen LogP contribution in [0.3, 0.4) is 0 Å². The van der Waals surface area contributed by atoms with Crippen LogP contribution in [0.1, 0.15) is 36.3 Å². The van der Waals surface area contributed by atoms with Crippen molar-refractivity contribution in [1.29, 1.82) is 0 Å². The molecule has 2 aromatic carbocycles. The van der Waals surface area contributed by atoms with E-state index in [0.717, 1.165) is 24.9 Å². The summed E-state index contributed by atoms with van der Waals surface area (Å²) in [7, 11) is 3.26. The fraction of sp³-hybridized carbons (Fsp3) is 0.381. The summed E-state index contributed by atoms with van der Waals surface area (Å²) in [6.45, 7) is 1.32. The second-order valence-corrected chi connectivity index (χ2v) is 6.40. The number of likely N-dealkylation sites (tertiary alicyclic amines) is 1. The number of nitrogens with zero attached hydrogens (tertiary/aromatic N) is 1. The first-order valence-corrected chi connectivity index (χ1v) is 8.75. The molecule has 1 aliphatic rings. The second kappa shape index (κ2) is 8.06. The van der Waals surface area contributed by atoms with E-state index < -0.39 is 0 Å². The van der Waals surface area contributed by atoms with Crippen molar-refractivity contribution < 1.29 is 14.3 Å². The van der Waals surface area contributed by atoms with Gasteiger partial charge in [-0.05, 0) is 30.4 Å². The number of hydrogen-bond acceptors (Lipinski definition) is 3. The quantitative estimate of drug-likeness (QED) is 0.826. The Morgan fingerprint density at radius 2 is 1.80 bits per heavy atom. The Kier molecular flexibility index (Phi) is 5.59. The maximum Gasteiger partial charge on any atom is 0.222 e. The summed E-state index contributed by atoms with van der Waals surface area (Å²) < 4.78 is 10.9. The largest absolute Gasteiger partial charge is 0.493 e. The van der Waals surface area contributed by atoms with Gasteiger partial charge < -0.3 is 14.4 Å². The van der Waals surface area contributed by atoms with Crippen LogP contribution in [-0.2, 0) is 11.3 Å². The van der Waals surface area contributed by atoms with E-state index in [1.165, 1.54) is 5.56 Å². The van der Waals surface area contributed by atoms with Crippen LogP contribution >= 0.6 is 0 Å². The van der Waals surface area contributed by atoms with Crippen molar-refractivity contribution in [3.63, 3.8) is 0 Å². The molecule has 4 heteroatoms. The fourth-order valence-electron chi connectivity index (χ4n) is 3.55. The number of ether oxygens (including phenoxy) is 2. The molecule has 0 N–H and O–H groups in total. The van der Waals surface area contributed by atoms with E-state index in [4.69, 9.17) is 9.47 Å². The third kappa shape index (κ3) is 3.95. The average molecular weight is 339 g/mol. The average Bonchev–Trinajstić information content (AvgIpc) is 2.84.